The van der Waals surface area contributed by atoms with E-state index in [4.69, 9.17) is 5.73 Å². The van der Waals surface area contributed by atoms with Gasteiger partial charge in [0.2, 0.25) is 0 Å². The second kappa shape index (κ2) is 6.46. The van der Waals surface area contributed by atoms with Crippen molar-refractivity contribution in [2.75, 3.05) is 19.7 Å². The Morgan fingerprint density at radius 1 is 1.47 bits per heavy atom. The van der Waals surface area contributed by atoms with Crippen LogP contribution in [0, 0.1) is 11.7 Å². The lowest BCUT2D eigenvalue weighted by atomic mass is 9.96. The second-order valence-electron chi connectivity index (χ2n) is 5.37. The maximum atomic E-state index is 14.0. The quantitative estimate of drug-likeness (QED) is 0.856. The van der Waals surface area contributed by atoms with Crippen LogP contribution < -0.4 is 5.73 Å². The van der Waals surface area contributed by atoms with Crippen molar-refractivity contribution in [3.05, 3.63) is 35.6 Å². The number of nitrogens with zero attached hydrogens (tertiary/aromatic N) is 1. The molecule has 0 bridgehead atoms. The van der Waals surface area contributed by atoms with Gasteiger partial charge in [0.25, 0.3) is 0 Å². The Balaban J connectivity index is 2.25. The van der Waals surface area contributed by atoms with E-state index in [9.17, 15) is 9.50 Å². The molecule has 1 fully saturated rings. The highest BCUT2D eigenvalue weighted by molar-refractivity contribution is 5.23. The summed E-state index contributed by atoms with van der Waals surface area (Å²) in [6.07, 6.45) is 1.76. The van der Waals surface area contributed by atoms with E-state index in [1.165, 1.54) is 6.07 Å². The average Bonchev–Trinajstić information content (AvgIpc) is 2.89. The molecule has 0 amide bonds. The molecule has 1 aliphatic rings. The highest BCUT2D eigenvalue weighted by atomic mass is 19.1. The fourth-order valence-corrected chi connectivity index (χ4v) is 2.90. The highest BCUT2D eigenvalue weighted by Gasteiger charge is 2.33. The molecule has 3 N–H and O–H groups in total. The van der Waals surface area contributed by atoms with E-state index in [0.29, 0.717) is 11.5 Å². The summed E-state index contributed by atoms with van der Waals surface area (Å²) in [6.45, 7) is 3.89. The minimum atomic E-state index is -0.191. The van der Waals surface area contributed by atoms with Crippen LogP contribution in [-0.4, -0.2) is 35.7 Å². The van der Waals surface area contributed by atoms with Crippen LogP contribution in [0.5, 0.6) is 0 Å². The summed E-state index contributed by atoms with van der Waals surface area (Å²) < 4.78 is 14.0. The van der Waals surface area contributed by atoms with Gasteiger partial charge in [-0.05, 0) is 31.4 Å². The summed E-state index contributed by atoms with van der Waals surface area (Å²) in [7, 11) is 0. The van der Waals surface area contributed by atoms with E-state index in [1.54, 1.807) is 6.07 Å². The smallest absolute Gasteiger partial charge is 0.128 e. The first-order valence-corrected chi connectivity index (χ1v) is 7.02. The van der Waals surface area contributed by atoms with Crippen LogP contribution >= 0.6 is 0 Å². The third kappa shape index (κ3) is 3.14. The molecule has 0 radical (unpaired) electrons. The maximum Gasteiger partial charge on any atom is 0.128 e. The Morgan fingerprint density at radius 3 is 2.79 bits per heavy atom. The molecule has 4 heteroatoms. The zero-order valence-electron chi connectivity index (χ0n) is 11.4. The van der Waals surface area contributed by atoms with Crippen molar-refractivity contribution in [1.82, 2.24) is 4.90 Å². The van der Waals surface area contributed by atoms with E-state index < -0.39 is 0 Å². The maximum absolute atomic E-state index is 14.0. The minimum absolute atomic E-state index is 0.0886. The molecular weight excluding hydrogens is 243 g/mol. The van der Waals surface area contributed by atoms with Gasteiger partial charge in [-0.15, -0.1) is 0 Å². The molecule has 0 spiro atoms. The lowest BCUT2D eigenvalue weighted by molar-refractivity contribution is 0.177. The average molecular weight is 266 g/mol. The van der Waals surface area contributed by atoms with E-state index in [1.807, 2.05) is 19.1 Å². The van der Waals surface area contributed by atoms with Gasteiger partial charge in [-0.2, -0.15) is 0 Å². The third-order valence-electron chi connectivity index (χ3n) is 4.07. The van der Waals surface area contributed by atoms with Gasteiger partial charge in [-0.25, -0.2) is 4.39 Å². The Morgan fingerprint density at radius 2 is 2.21 bits per heavy atom. The third-order valence-corrected chi connectivity index (χ3v) is 4.07. The number of halogens is 1. The molecule has 19 heavy (non-hydrogen) atoms. The molecule has 0 aliphatic carbocycles. The SMILES string of the molecule is CCC(N)C(c1ccccc1F)N1CCC(CO)C1. The normalized spacial score (nSPS) is 23.5. The zero-order valence-corrected chi connectivity index (χ0v) is 11.4. The van der Waals surface area contributed by atoms with Gasteiger partial charge in [-0.1, -0.05) is 25.1 Å². The molecule has 1 aromatic carbocycles. The van der Waals surface area contributed by atoms with Crippen LogP contribution in [0.2, 0.25) is 0 Å². The zero-order chi connectivity index (χ0) is 13.8. The van der Waals surface area contributed by atoms with Gasteiger partial charge in [0, 0.05) is 24.8 Å². The Kier molecular flexibility index (Phi) is 4.91. The summed E-state index contributed by atoms with van der Waals surface area (Å²) in [5.74, 6) is 0.0992. The molecular formula is C15H23FN2O. The van der Waals surface area contributed by atoms with Gasteiger partial charge < -0.3 is 10.8 Å². The number of rotatable bonds is 5. The number of hydrogen-bond acceptors (Lipinski definition) is 3. The van der Waals surface area contributed by atoms with Crippen LogP contribution in [0.1, 0.15) is 31.4 Å². The molecule has 1 aromatic rings. The number of hydrogen-bond donors (Lipinski definition) is 2. The number of benzene rings is 1. The summed E-state index contributed by atoms with van der Waals surface area (Å²) in [5, 5.41) is 9.25. The van der Waals surface area contributed by atoms with Crippen molar-refractivity contribution < 1.29 is 9.50 Å². The fraction of sp³-hybridized carbons (Fsp3) is 0.600. The molecule has 3 nitrogen and oxygen atoms in total. The predicted octanol–water partition coefficient (Wildman–Crippen LogP) is 1.92. The first-order valence-electron chi connectivity index (χ1n) is 7.02. The first-order chi connectivity index (χ1) is 9.17. The number of nitrogens with two attached hydrogens (primary N) is 1. The molecule has 3 unspecified atom stereocenters. The van der Waals surface area contributed by atoms with Crippen LogP contribution in [0.15, 0.2) is 24.3 Å². The molecule has 0 saturated carbocycles. The molecule has 1 saturated heterocycles. The van der Waals surface area contributed by atoms with Crippen LogP contribution in [-0.2, 0) is 0 Å². The second-order valence-corrected chi connectivity index (χ2v) is 5.37. The van der Waals surface area contributed by atoms with Crippen LogP contribution in [0.25, 0.3) is 0 Å². The molecule has 0 aromatic heterocycles. The van der Waals surface area contributed by atoms with Gasteiger partial charge in [0.15, 0.2) is 0 Å². The van der Waals surface area contributed by atoms with Gasteiger partial charge in [0.1, 0.15) is 5.82 Å². The van der Waals surface area contributed by atoms with E-state index in [-0.39, 0.29) is 24.5 Å². The minimum Gasteiger partial charge on any atom is -0.396 e. The lowest BCUT2D eigenvalue weighted by Crippen LogP contribution is -2.40. The first kappa shape index (κ1) is 14.4. The number of aliphatic hydroxyl groups is 1. The van der Waals surface area contributed by atoms with Gasteiger partial charge in [-0.3, -0.25) is 4.90 Å². The van der Waals surface area contributed by atoms with Crippen molar-refractivity contribution in [3.63, 3.8) is 0 Å². The topological polar surface area (TPSA) is 49.5 Å². The van der Waals surface area contributed by atoms with Gasteiger partial charge >= 0.3 is 0 Å². The molecule has 1 heterocycles. The standard InChI is InChI=1S/C15H23FN2O/c1-2-14(17)15(12-5-3-4-6-13(12)16)18-8-7-11(9-18)10-19/h3-6,11,14-15,19H,2,7-10,17H2,1H3. The summed E-state index contributed by atoms with van der Waals surface area (Å²) in [5.41, 5.74) is 6.89. The van der Waals surface area contributed by atoms with Gasteiger partial charge in [0.05, 0.1) is 6.04 Å². The van der Waals surface area contributed by atoms with Crippen molar-refractivity contribution in [2.45, 2.75) is 31.8 Å². The molecule has 1 aliphatic heterocycles. The lowest BCUT2D eigenvalue weighted by Gasteiger charge is -2.33. The Hall–Kier alpha value is -0.970. The molecule has 2 rings (SSSR count). The highest BCUT2D eigenvalue weighted by Crippen LogP contribution is 2.31. The van der Waals surface area contributed by atoms with E-state index in [2.05, 4.69) is 4.90 Å². The van der Waals surface area contributed by atoms with E-state index >= 15 is 0 Å². The monoisotopic (exact) mass is 266 g/mol. The number of likely N-dealkylation sites (tertiary alicyclic amines) is 1. The number of aliphatic hydroxyl groups excluding tert-OH is 1. The largest absolute Gasteiger partial charge is 0.396 e. The Bertz CT molecular complexity index is 413. The van der Waals surface area contributed by atoms with Crippen molar-refractivity contribution >= 4 is 0 Å². The van der Waals surface area contributed by atoms with Crippen molar-refractivity contribution in [1.29, 1.82) is 0 Å². The molecule has 3 atom stereocenters. The van der Waals surface area contributed by atoms with Crippen LogP contribution in [0.3, 0.4) is 0 Å². The summed E-state index contributed by atoms with van der Waals surface area (Å²) in [4.78, 5) is 2.22. The fourth-order valence-electron chi connectivity index (χ4n) is 2.90. The van der Waals surface area contributed by atoms with Crippen molar-refractivity contribution in [2.24, 2.45) is 11.7 Å². The van der Waals surface area contributed by atoms with Crippen LogP contribution in [0.4, 0.5) is 4.39 Å². The molecule has 106 valence electrons. The Labute approximate surface area is 114 Å². The predicted molar refractivity (Wildman–Crippen MR) is 74.2 cm³/mol. The summed E-state index contributed by atoms with van der Waals surface area (Å²) >= 11 is 0. The summed E-state index contributed by atoms with van der Waals surface area (Å²) in [6, 6.07) is 6.69. The van der Waals surface area contributed by atoms with E-state index in [0.717, 1.165) is 25.9 Å². The van der Waals surface area contributed by atoms with Crippen molar-refractivity contribution in [3.8, 4) is 0 Å².